The third-order valence-corrected chi connectivity index (χ3v) is 9.32. The van der Waals surface area contributed by atoms with Gasteiger partial charge in [-0.15, -0.1) is 0 Å². The van der Waals surface area contributed by atoms with Gasteiger partial charge in [-0.3, -0.25) is 0 Å². The lowest BCUT2D eigenvalue weighted by Crippen LogP contribution is -2.31. The molecule has 9 rings (SSSR count). The molecule has 13 heteroatoms. The molecule has 4 aliphatic rings. The van der Waals surface area contributed by atoms with Crippen LogP contribution in [0.15, 0.2) is 106 Å². The number of halogens is 1. The maximum atomic E-state index is 9.95. The minimum Gasteiger partial charge on any atom is -0.508 e. The predicted octanol–water partition coefficient (Wildman–Crippen LogP) is 5.81. The highest BCUT2D eigenvalue weighted by Gasteiger charge is 2.49. The molecule has 0 fully saturated rings. The summed E-state index contributed by atoms with van der Waals surface area (Å²) in [7, 11) is 0. The third kappa shape index (κ3) is 5.81. The Morgan fingerprint density at radius 1 is 0.731 bits per heavy atom. The highest BCUT2D eigenvalue weighted by Crippen LogP contribution is 2.52. The van der Waals surface area contributed by atoms with Gasteiger partial charge in [0.15, 0.2) is 11.1 Å². The van der Waals surface area contributed by atoms with E-state index in [-0.39, 0.29) is 31.0 Å². The van der Waals surface area contributed by atoms with Gasteiger partial charge in [0.2, 0.25) is 11.8 Å². The zero-order valence-electron chi connectivity index (χ0n) is 27.9. The highest BCUT2D eigenvalue weighted by molar-refractivity contribution is 9.10. The van der Waals surface area contributed by atoms with Crippen LogP contribution in [0.25, 0.3) is 11.1 Å². The number of nitrogens with two attached hydrogens (primary N) is 2. The number of aliphatic hydroxyl groups is 1. The number of aromatic nitrogens is 2. The molecule has 260 valence electrons. The van der Waals surface area contributed by atoms with E-state index in [2.05, 4.69) is 60.9 Å². The molecule has 0 saturated heterocycles. The van der Waals surface area contributed by atoms with Crippen molar-refractivity contribution < 1.29 is 29.2 Å². The number of rotatable bonds is 1. The van der Waals surface area contributed by atoms with E-state index in [1.54, 1.807) is 44.4 Å². The van der Waals surface area contributed by atoms with Crippen molar-refractivity contribution in [3.05, 3.63) is 124 Å². The Bertz CT molecular complexity index is 2330. The van der Waals surface area contributed by atoms with Crippen LogP contribution in [0.1, 0.15) is 41.7 Å². The second-order valence-electron chi connectivity index (χ2n) is 13.1. The summed E-state index contributed by atoms with van der Waals surface area (Å²) in [6.45, 7) is 3.75. The number of phenols is 1. The molecule has 0 saturated carbocycles. The van der Waals surface area contributed by atoms with Crippen LogP contribution >= 0.6 is 15.9 Å². The molecule has 2 aromatic heterocycles. The normalized spacial score (nSPS) is 20.1. The van der Waals surface area contributed by atoms with Crippen molar-refractivity contribution in [1.82, 2.24) is 9.97 Å². The number of hydrogen-bond acceptors (Lipinski definition) is 12. The molecule has 4 aliphatic heterocycles. The van der Waals surface area contributed by atoms with Gasteiger partial charge in [-0.2, -0.15) is 0 Å². The van der Waals surface area contributed by atoms with E-state index < -0.39 is 16.7 Å². The average molecular weight is 760 g/mol. The molecule has 0 unspecified atom stereocenters. The molecule has 2 atom stereocenters. The average Bonchev–Trinajstić information content (AvgIpc) is 3.72. The molecule has 0 bridgehead atoms. The van der Waals surface area contributed by atoms with Crippen LogP contribution in [-0.4, -0.2) is 51.0 Å². The van der Waals surface area contributed by atoms with Crippen LogP contribution in [-0.2, 0) is 20.6 Å². The molecular formula is C39H31BrN6O6. The van der Waals surface area contributed by atoms with E-state index in [0.717, 1.165) is 32.3 Å². The largest absolute Gasteiger partial charge is 0.508 e. The molecule has 5 aromatic rings. The third-order valence-electron chi connectivity index (χ3n) is 8.89. The smallest absolute Gasteiger partial charge is 0.283 e. The topological polar surface area (TPSA) is 180 Å². The Hall–Kier alpha value is -6.10. The van der Waals surface area contributed by atoms with Crippen LogP contribution < -0.4 is 20.9 Å². The second kappa shape index (κ2) is 12.3. The van der Waals surface area contributed by atoms with Crippen molar-refractivity contribution in [3.8, 4) is 52.0 Å². The van der Waals surface area contributed by atoms with E-state index in [1.807, 2.05) is 42.5 Å². The zero-order chi connectivity index (χ0) is 36.3. The summed E-state index contributed by atoms with van der Waals surface area (Å²) >= 11 is 3.40. The number of aliphatic imine (C=N–C) groups is 2. The van der Waals surface area contributed by atoms with Gasteiger partial charge >= 0.3 is 0 Å². The van der Waals surface area contributed by atoms with E-state index in [9.17, 15) is 10.2 Å². The molecule has 6 N–H and O–H groups in total. The monoisotopic (exact) mass is 758 g/mol. The predicted molar refractivity (Wildman–Crippen MR) is 196 cm³/mol. The summed E-state index contributed by atoms with van der Waals surface area (Å²) in [5.41, 5.74) is 14.7. The standard InChI is InChI=1S/C25H21N3O3.C14H10BrN3O3/c1-24(2,29)11-10-16-12-20-22(27-14-16)31-21-9-8-18(17-6-4-3-5-7-17)13-19(21)25(20)15-30-23(26)28-25;15-7-3-10-12(17-5-7)21-11-2-1-8(19)4-9(11)14(10)6-20-13(16)18-14/h3-9,12-14,29H,15H2,1-2H3,(H2,26,28);1-5,19H,6H2,(H2,16,18)/t25-;14-/m00/s1. The first-order valence-corrected chi connectivity index (χ1v) is 17.0. The molecule has 0 radical (unpaired) electrons. The number of benzene rings is 3. The van der Waals surface area contributed by atoms with Gasteiger partial charge in [-0.25, -0.2) is 20.0 Å². The van der Waals surface area contributed by atoms with Gasteiger partial charge in [-0.1, -0.05) is 48.2 Å². The lowest BCUT2D eigenvalue weighted by molar-refractivity contribution is 0.143. The first-order chi connectivity index (χ1) is 24.9. The number of amidine groups is 2. The summed E-state index contributed by atoms with van der Waals surface area (Å²) in [4.78, 5) is 17.9. The maximum Gasteiger partial charge on any atom is 0.283 e. The number of ether oxygens (including phenoxy) is 4. The molecule has 52 heavy (non-hydrogen) atoms. The number of phenolic OH excluding ortho intramolecular Hbond substituents is 1. The summed E-state index contributed by atoms with van der Waals surface area (Å²) < 4.78 is 23.7. The van der Waals surface area contributed by atoms with Crippen LogP contribution in [0.4, 0.5) is 0 Å². The lowest BCUT2D eigenvalue weighted by atomic mass is 9.81. The molecule has 0 aliphatic carbocycles. The Balaban J connectivity index is 0.000000160. The number of aromatic hydroxyl groups is 1. The van der Waals surface area contributed by atoms with Crippen molar-refractivity contribution in [2.24, 2.45) is 21.5 Å². The lowest BCUT2D eigenvalue weighted by Gasteiger charge is -2.33. The molecular weight excluding hydrogens is 728 g/mol. The van der Waals surface area contributed by atoms with Gasteiger partial charge in [0.05, 0.1) is 11.1 Å². The van der Waals surface area contributed by atoms with E-state index in [0.29, 0.717) is 34.4 Å². The van der Waals surface area contributed by atoms with Crippen LogP contribution in [0, 0.1) is 11.8 Å². The Morgan fingerprint density at radius 2 is 1.33 bits per heavy atom. The molecule has 2 spiro atoms. The van der Waals surface area contributed by atoms with Gasteiger partial charge in [0.25, 0.3) is 12.0 Å². The molecule has 12 nitrogen and oxygen atoms in total. The van der Waals surface area contributed by atoms with E-state index in [4.69, 9.17) is 35.4 Å². The number of fused-ring (bicyclic) bond motifs is 8. The number of hydrogen-bond donors (Lipinski definition) is 4. The minimum atomic E-state index is -1.11. The van der Waals surface area contributed by atoms with Crippen molar-refractivity contribution in [2.75, 3.05) is 13.2 Å². The van der Waals surface area contributed by atoms with E-state index >= 15 is 0 Å². The van der Waals surface area contributed by atoms with Gasteiger partial charge in [0.1, 0.15) is 36.1 Å². The van der Waals surface area contributed by atoms with Crippen LogP contribution in [0.3, 0.4) is 0 Å². The first-order valence-electron chi connectivity index (χ1n) is 16.2. The van der Waals surface area contributed by atoms with E-state index in [1.165, 1.54) is 0 Å². The first kappa shape index (κ1) is 33.1. The van der Waals surface area contributed by atoms with Gasteiger partial charge in [-0.05, 0) is 83.4 Å². The van der Waals surface area contributed by atoms with Gasteiger partial charge in [0, 0.05) is 33.6 Å². The van der Waals surface area contributed by atoms with Crippen LogP contribution in [0.5, 0.6) is 29.0 Å². The molecule has 0 amide bonds. The van der Waals surface area contributed by atoms with Crippen molar-refractivity contribution in [3.63, 3.8) is 0 Å². The summed E-state index contributed by atoms with van der Waals surface area (Å²) in [6.07, 6.45) is 3.28. The second-order valence-corrected chi connectivity index (χ2v) is 14.0. The number of nitrogens with zero attached hydrogens (tertiary/aromatic N) is 4. The number of pyridine rings is 2. The molecule has 3 aromatic carbocycles. The quantitative estimate of drug-likeness (QED) is 0.153. The fourth-order valence-corrected chi connectivity index (χ4v) is 6.85. The minimum absolute atomic E-state index is 0.108. The van der Waals surface area contributed by atoms with Crippen LogP contribution in [0.2, 0.25) is 0 Å². The highest BCUT2D eigenvalue weighted by atomic mass is 79.9. The summed E-state index contributed by atoms with van der Waals surface area (Å²) in [5, 5.41) is 19.7. The molecule has 6 heterocycles. The summed E-state index contributed by atoms with van der Waals surface area (Å²) in [5.74, 6) is 8.06. The maximum absolute atomic E-state index is 9.95. The fraction of sp³-hybridized carbons (Fsp3) is 0.179. The van der Waals surface area contributed by atoms with Gasteiger partial charge < -0.3 is 40.6 Å². The SMILES string of the molecule is CC(C)(O)C#Cc1cnc2c(c1)[C@]1(COC(N)=N1)c1cc(-c3ccccc3)ccc1O2.NC1=N[C@@]2(CO1)c1cc(O)ccc1Oc1ncc(Br)cc12. The Kier molecular flexibility index (Phi) is 7.82. The summed E-state index contributed by atoms with van der Waals surface area (Å²) in [6, 6.07) is 24.9. The fourth-order valence-electron chi connectivity index (χ4n) is 6.52. The van der Waals surface area contributed by atoms with Crippen molar-refractivity contribution in [2.45, 2.75) is 30.5 Å². The Labute approximate surface area is 306 Å². The zero-order valence-corrected chi connectivity index (χ0v) is 29.5. The van der Waals surface area contributed by atoms with Crippen molar-refractivity contribution >= 4 is 28.0 Å². The Morgan fingerprint density at radius 3 is 1.94 bits per heavy atom. The van der Waals surface area contributed by atoms with Crippen molar-refractivity contribution in [1.29, 1.82) is 0 Å².